The number of hydrogen-bond acceptors (Lipinski definition) is 5. The molecule has 1 heterocycles. The van der Waals surface area contributed by atoms with Crippen molar-refractivity contribution in [1.82, 2.24) is 0 Å². The first-order chi connectivity index (χ1) is 8.52. The molecule has 6 heteroatoms. The third-order valence-corrected chi connectivity index (χ3v) is 3.14. The summed E-state index contributed by atoms with van der Waals surface area (Å²) in [5, 5.41) is 30.9. The molecule has 5 N–H and O–H groups in total. The van der Waals surface area contributed by atoms with E-state index in [0.29, 0.717) is 18.7 Å². The molecule has 0 aromatic heterocycles. The minimum absolute atomic E-state index is 0.0181. The Morgan fingerprint density at radius 1 is 1.33 bits per heavy atom. The van der Waals surface area contributed by atoms with Crippen molar-refractivity contribution in [3.8, 4) is 0 Å². The van der Waals surface area contributed by atoms with Gasteiger partial charge >= 0.3 is 0 Å². The fourth-order valence-corrected chi connectivity index (χ4v) is 2.15. The van der Waals surface area contributed by atoms with E-state index >= 15 is 0 Å². The van der Waals surface area contributed by atoms with Crippen LogP contribution in [0.1, 0.15) is 11.1 Å². The van der Waals surface area contributed by atoms with Gasteiger partial charge in [0.15, 0.2) is 5.84 Å². The number of amidine groups is 1. The fraction of sp³-hybridized carbons (Fsp3) is 0.417. The lowest BCUT2D eigenvalue weighted by molar-refractivity contribution is 0.0572. The van der Waals surface area contributed by atoms with Gasteiger partial charge in [0.25, 0.3) is 0 Å². The van der Waals surface area contributed by atoms with Gasteiger partial charge in [0, 0.05) is 24.3 Å². The quantitative estimate of drug-likeness (QED) is 0.249. The van der Waals surface area contributed by atoms with Crippen LogP contribution in [0, 0.1) is 6.92 Å². The second-order valence-electron chi connectivity index (χ2n) is 4.55. The van der Waals surface area contributed by atoms with E-state index in [1.54, 1.807) is 0 Å². The van der Waals surface area contributed by atoms with Crippen LogP contribution in [0.25, 0.3) is 0 Å². The number of aryl methyl sites for hydroxylation is 1. The lowest BCUT2D eigenvalue weighted by atomic mass is 10.1. The Morgan fingerprint density at radius 3 is 2.50 bits per heavy atom. The van der Waals surface area contributed by atoms with Crippen LogP contribution in [-0.4, -0.2) is 46.6 Å². The molecule has 0 saturated carbocycles. The van der Waals surface area contributed by atoms with Gasteiger partial charge in [-0.25, -0.2) is 0 Å². The van der Waals surface area contributed by atoms with Crippen LogP contribution < -0.4 is 10.6 Å². The average molecular weight is 251 g/mol. The van der Waals surface area contributed by atoms with Crippen molar-refractivity contribution in [2.45, 2.75) is 19.1 Å². The molecule has 1 fully saturated rings. The Labute approximate surface area is 105 Å². The molecule has 2 rings (SSSR count). The number of rotatable bonds is 2. The number of β-amino-alcohol motifs (C(OH)–C–C–N with tert-alkyl or cyclic N) is 2. The molecule has 0 spiro atoms. The lowest BCUT2D eigenvalue weighted by Gasteiger charge is -2.21. The third kappa shape index (κ3) is 2.25. The van der Waals surface area contributed by atoms with E-state index in [1.807, 2.05) is 30.0 Å². The summed E-state index contributed by atoms with van der Waals surface area (Å²) in [5.74, 6) is 0.0181. The zero-order chi connectivity index (χ0) is 13.3. The average Bonchev–Trinajstić information content (AvgIpc) is 2.68. The van der Waals surface area contributed by atoms with E-state index in [-0.39, 0.29) is 5.84 Å². The number of hydrogen-bond donors (Lipinski definition) is 4. The highest BCUT2D eigenvalue weighted by atomic mass is 16.4. The number of nitrogens with zero attached hydrogens (tertiary/aromatic N) is 2. The van der Waals surface area contributed by atoms with E-state index in [2.05, 4.69) is 5.16 Å². The van der Waals surface area contributed by atoms with Crippen molar-refractivity contribution < 1.29 is 15.4 Å². The zero-order valence-corrected chi connectivity index (χ0v) is 10.1. The van der Waals surface area contributed by atoms with Crippen LogP contribution in [0.3, 0.4) is 0 Å². The lowest BCUT2D eigenvalue weighted by Crippen LogP contribution is -2.25. The number of anilines is 1. The Balaban J connectivity index is 2.39. The van der Waals surface area contributed by atoms with Crippen LogP contribution in [0.15, 0.2) is 23.4 Å². The Bertz CT molecular complexity index is 466. The van der Waals surface area contributed by atoms with Crippen molar-refractivity contribution in [3.63, 3.8) is 0 Å². The maximum Gasteiger partial charge on any atom is 0.172 e. The Morgan fingerprint density at radius 2 is 1.94 bits per heavy atom. The van der Waals surface area contributed by atoms with Crippen LogP contribution in [0.4, 0.5) is 5.69 Å². The molecule has 0 radical (unpaired) electrons. The molecule has 6 nitrogen and oxygen atoms in total. The second-order valence-corrected chi connectivity index (χ2v) is 4.55. The summed E-state index contributed by atoms with van der Waals surface area (Å²) >= 11 is 0. The molecule has 2 atom stereocenters. The van der Waals surface area contributed by atoms with E-state index in [4.69, 9.17) is 10.9 Å². The molecule has 0 amide bonds. The standard InChI is InChI=1S/C12H17N3O3/c1-7-2-3-9(8(4-7)12(13)14-18)15-5-10(16)11(17)6-15/h2-4,10-11,16-18H,5-6H2,1H3,(H2,13,14). The first-order valence-electron chi connectivity index (χ1n) is 5.72. The second kappa shape index (κ2) is 4.83. The summed E-state index contributed by atoms with van der Waals surface area (Å²) in [7, 11) is 0. The largest absolute Gasteiger partial charge is 0.409 e. The van der Waals surface area contributed by atoms with Gasteiger partial charge in [0.1, 0.15) is 0 Å². The highest BCUT2D eigenvalue weighted by Gasteiger charge is 2.31. The molecule has 1 aromatic carbocycles. The van der Waals surface area contributed by atoms with E-state index in [1.165, 1.54) is 0 Å². The SMILES string of the molecule is Cc1ccc(N2CC(O)C(O)C2)c(/C(N)=N/O)c1. The summed E-state index contributed by atoms with van der Waals surface area (Å²) in [5.41, 5.74) is 7.97. The van der Waals surface area contributed by atoms with E-state index in [0.717, 1.165) is 11.3 Å². The van der Waals surface area contributed by atoms with Crippen LogP contribution in [-0.2, 0) is 0 Å². The maximum absolute atomic E-state index is 9.57. The molecule has 18 heavy (non-hydrogen) atoms. The molecular formula is C12H17N3O3. The van der Waals surface area contributed by atoms with Gasteiger partial charge in [-0.2, -0.15) is 0 Å². The summed E-state index contributed by atoms with van der Waals surface area (Å²) in [4.78, 5) is 1.82. The third-order valence-electron chi connectivity index (χ3n) is 3.14. The summed E-state index contributed by atoms with van der Waals surface area (Å²) in [6, 6.07) is 5.55. The molecule has 1 aromatic rings. The van der Waals surface area contributed by atoms with Crippen molar-refractivity contribution in [2.75, 3.05) is 18.0 Å². The molecule has 1 saturated heterocycles. The predicted molar refractivity (Wildman–Crippen MR) is 67.9 cm³/mol. The van der Waals surface area contributed by atoms with Crippen molar-refractivity contribution in [3.05, 3.63) is 29.3 Å². The molecule has 0 bridgehead atoms. The number of oxime groups is 1. The first-order valence-corrected chi connectivity index (χ1v) is 5.72. The number of aliphatic hydroxyl groups is 2. The van der Waals surface area contributed by atoms with Gasteiger partial charge in [-0.05, 0) is 19.1 Å². The normalized spacial score (nSPS) is 24.6. The number of nitrogens with two attached hydrogens (primary N) is 1. The van der Waals surface area contributed by atoms with Crippen LogP contribution in [0.5, 0.6) is 0 Å². The minimum atomic E-state index is -0.772. The van der Waals surface area contributed by atoms with Gasteiger partial charge in [0.2, 0.25) is 0 Å². The van der Waals surface area contributed by atoms with E-state index in [9.17, 15) is 10.2 Å². The fourth-order valence-electron chi connectivity index (χ4n) is 2.15. The van der Waals surface area contributed by atoms with Gasteiger partial charge in [-0.3, -0.25) is 0 Å². The smallest absolute Gasteiger partial charge is 0.172 e. The Hall–Kier alpha value is -1.79. The summed E-state index contributed by atoms with van der Waals surface area (Å²) in [6.45, 7) is 2.57. The number of benzene rings is 1. The molecule has 1 aliphatic heterocycles. The summed E-state index contributed by atoms with van der Waals surface area (Å²) in [6.07, 6.45) is -1.54. The topological polar surface area (TPSA) is 102 Å². The van der Waals surface area contributed by atoms with Crippen molar-refractivity contribution >= 4 is 11.5 Å². The van der Waals surface area contributed by atoms with Gasteiger partial charge in [0.05, 0.1) is 12.2 Å². The van der Waals surface area contributed by atoms with Crippen molar-refractivity contribution in [2.24, 2.45) is 10.9 Å². The highest BCUT2D eigenvalue weighted by molar-refractivity contribution is 6.02. The minimum Gasteiger partial charge on any atom is -0.409 e. The van der Waals surface area contributed by atoms with Crippen LogP contribution >= 0.6 is 0 Å². The summed E-state index contributed by atoms with van der Waals surface area (Å²) < 4.78 is 0. The molecule has 98 valence electrons. The van der Waals surface area contributed by atoms with Crippen LogP contribution in [0.2, 0.25) is 0 Å². The van der Waals surface area contributed by atoms with Crippen molar-refractivity contribution in [1.29, 1.82) is 0 Å². The molecule has 0 aliphatic carbocycles. The maximum atomic E-state index is 9.57. The molecule has 2 unspecified atom stereocenters. The monoisotopic (exact) mass is 251 g/mol. The zero-order valence-electron chi connectivity index (χ0n) is 10.1. The highest BCUT2D eigenvalue weighted by Crippen LogP contribution is 2.26. The van der Waals surface area contributed by atoms with Gasteiger partial charge in [-0.1, -0.05) is 16.8 Å². The van der Waals surface area contributed by atoms with Gasteiger partial charge < -0.3 is 26.1 Å². The molecule has 1 aliphatic rings. The molecular weight excluding hydrogens is 234 g/mol. The Kier molecular flexibility index (Phi) is 3.40. The first kappa shape index (κ1) is 12.7. The van der Waals surface area contributed by atoms with E-state index < -0.39 is 12.2 Å². The van der Waals surface area contributed by atoms with Gasteiger partial charge in [-0.15, -0.1) is 0 Å². The number of aliphatic hydroxyl groups excluding tert-OH is 2. The predicted octanol–water partition coefficient (Wildman–Crippen LogP) is -0.369.